The number of methoxy groups -OCH3 is 1. The first-order valence-electron chi connectivity index (χ1n) is 10.5. The SMILES string of the molecule is [2H]C[C@H]1O[C@@H](n2ccc(=O)[nH]c2=O)[C@@H](OC)C1OP(OCCC#N)N(C(C)C)C(C)C. The van der Waals surface area contributed by atoms with Crippen molar-refractivity contribution in [3.05, 3.63) is 33.1 Å². The summed E-state index contributed by atoms with van der Waals surface area (Å²) in [6.07, 6.45) is -1.42. The fourth-order valence-electron chi connectivity index (χ4n) is 3.34. The number of H-pyrrole nitrogens is 1. The summed E-state index contributed by atoms with van der Waals surface area (Å²) in [5.74, 6) is 0. The van der Waals surface area contributed by atoms with Crippen LogP contribution < -0.4 is 11.2 Å². The van der Waals surface area contributed by atoms with Crippen molar-refractivity contribution in [3.8, 4) is 6.07 Å². The topological polar surface area (TPSA) is 119 Å². The molecule has 2 rings (SSSR count). The molecule has 5 atom stereocenters. The lowest BCUT2D eigenvalue weighted by Gasteiger charge is -2.37. The zero-order valence-corrected chi connectivity index (χ0v) is 18.9. The van der Waals surface area contributed by atoms with E-state index in [2.05, 4.69) is 15.7 Å². The van der Waals surface area contributed by atoms with Gasteiger partial charge in [0.2, 0.25) is 0 Å². The van der Waals surface area contributed by atoms with Gasteiger partial charge in [-0.05, 0) is 34.6 Å². The molecule has 1 aromatic rings. The van der Waals surface area contributed by atoms with E-state index in [9.17, 15) is 9.59 Å². The summed E-state index contributed by atoms with van der Waals surface area (Å²) >= 11 is 0. The van der Waals surface area contributed by atoms with Gasteiger partial charge in [-0.2, -0.15) is 5.26 Å². The number of nitrogens with zero attached hydrogens (tertiary/aromatic N) is 3. The molecule has 10 nitrogen and oxygen atoms in total. The second-order valence-electron chi connectivity index (χ2n) is 7.40. The summed E-state index contributed by atoms with van der Waals surface area (Å²) in [6, 6.07) is 3.48. The van der Waals surface area contributed by atoms with E-state index in [4.69, 9.17) is 25.2 Å². The van der Waals surface area contributed by atoms with Crippen LogP contribution in [0.3, 0.4) is 0 Å². The Bertz CT molecular complexity index is 849. The van der Waals surface area contributed by atoms with Gasteiger partial charge in [0.05, 0.1) is 25.2 Å². The smallest absolute Gasteiger partial charge is 0.330 e. The Labute approximate surface area is 179 Å². The van der Waals surface area contributed by atoms with E-state index in [0.29, 0.717) is 0 Å². The molecule has 1 aromatic heterocycles. The Morgan fingerprint density at radius 2 is 2.07 bits per heavy atom. The standard InChI is InChI=1S/C19H31N4O6P/c1-12(2)23(13(3)4)30(27-11-7-9-20)29-16-14(5)28-18(17(16)26-6)22-10-8-15(24)21-19(22)25/h8,10,12-14,16-18H,7,11H2,1-6H3,(H,21,24,25)/t14-,16?,17+,18-,30?/m1/s1/i5D. The third kappa shape index (κ3) is 5.76. The van der Waals surface area contributed by atoms with Gasteiger partial charge in [0.1, 0.15) is 12.2 Å². The molecular weight excluding hydrogens is 411 g/mol. The molecule has 0 amide bonds. The van der Waals surface area contributed by atoms with E-state index >= 15 is 0 Å². The first-order valence-corrected chi connectivity index (χ1v) is 10.9. The molecule has 1 aliphatic heterocycles. The average molecular weight is 443 g/mol. The Kier molecular flexibility index (Phi) is 8.57. The molecule has 1 aliphatic rings. The van der Waals surface area contributed by atoms with E-state index in [1.54, 1.807) is 0 Å². The molecule has 11 heteroatoms. The van der Waals surface area contributed by atoms with Crippen LogP contribution in [0.15, 0.2) is 21.9 Å². The van der Waals surface area contributed by atoms with Gasteiger partial charge in [0, 0.05) is 32.8 Å². The zero-order chi connectivity index (χ0) is 23.1. The number of hydrogen-bond acceptors (Lipinski definition) is 8. The van der Waals surface area contributed by atoms with Gasteiger partial charge < -0.3 is 18.5 Å². The van der Waals surface area contributed by atoms with E-state index in [0.717, 1.165) is 0 Å². The molecule has 1 saturated heterocycles. The maximum atomic E-state index is 12.3. The molecule has 1 fully saturated rings. The Balaban J connectivity index is 2.35. The minimum Gasteiger partial charge on any atom is -0.374 e. The van der Waals surface area contributed by atoms with Crippen molar-refractivity contribution >= 4 is 8.53 Å². The van der Waals surface area contributed by atoms with E-state index < -0.39 is 44.3 Å². The van der Waals surface area contributed by atoms with Gasteiger partial charge >= 0.3 is 5.69 Å². The number of rotatable bonds is 10. The highest BCUT2D eigenvalue weighted by Gasteiger charge is 2.47. The third-order valence-corrected chi connectivity index (χ3v) is 6.69. The Morgan fingerprint density at radius 1 is 1.37 bits per heavy atom. The molecule has 2 heterocycles. The summed E-state index contributed by atoms with van der Waals surface area (Å²) in [5.41, 5.74) is -1.15. The summed E-state index contributed by atoms with van der Waals surface area (Å²) in [6.45, 7) is 8.18. The van der Waals surface area contributed by atoms with Crippen molar-refractivity contribution < 1.29 is 19.9 Å². The van der Waals surface area contributed by atoms with Crippen LogP contribution in [-0.4, -0.2) is 58.3 Å². The van der Waals surface area contributed by atoms with Crippen LogP contribution in [0.2, 0.25) is 0 Å². The molecule has 2 unspecified atom stereocenters. The quantitative estimate of drug-likeness (QED) is 0.432. The van der Waals surface area contributed by atoms with Crippen molar-refractivity contribution in [1.29, 1.82) is 5.26 Å². The van der Waals surface area contributed by atoms with Crippen molar-refractivity contribution in [1.82, 2.24) is 14.2 Å². The van der Waals surface area contributed by atoms with Crippen LogP contribution in [0, 0.1) is 11.3 Å². The molecule has 0 saturated carbocycles. The van der Waals surface area contributed by atoms with Gasteiger partial charge in [-0.3, -0.25) is 14.3 Å². The molecule has 30 heavy (non-hydrogen) atoms. The van der Waals surface area contributed by atoms with Crippen molar-refractivity contribution in [2.45, 2.75) is 77.6 Å². The Morgan fingerprint density at radius 3 is 2.60 bits per heavy atom. The van der Waals surface area contributed by atoms with Crippen LogP contribution >= 0.6 is 8.53 Å². The number of hydrogen-bond donors (Lipinski definition) is 1. The minimum atomic E-state index is -1.60. The third-order valence-electron chi connectivity index (χ3n) is 4.56. The summed E-state index contributed by atoms with van der Waals surface area (Å²) < 4.78 is 35.1. The van der Waals surface area contributed by atoms with Crippen molar-refractivity contribution in [3.63, 3.8) is 0 Å². The van der Waals surface area contributed by atoms with Gasteiger partial charge in [-0.25, -0.2) is 9.46 Å². The normalized spacial score (nSPS) is 25.6. The lowest BCUT2D eigenvalue weighted by atomic mass is 10.1. The van der Waals surface area contributed by atoms with Crippen LogP contribution in [0.4, 0.5) is 0 Å². The second-order valence-corrected chi connectivity index (χ2v) is 8.81. The molecule has 168 valence electrons. The fourth-order valence-corrected chi connectivity index (χ4v) is 5.10. The molecule has 0 spiro atoms. The summed E-state index contributed by atoms with van der Waals surface area (Å²) in [4.78, 5) is 25.9. The molecular formula is C19H31N4O6P. The Hall–Kier alpha value is -1.60. The maximum Gasteiger partial charge on any atom is 0.330 e. The van der Waals surface area contributed by atoms with Gasteiger partial charge in [0.15, 0.2) is 6.23 Å². The summed E-state index contributed by atoms with van der Waals surface area (Å²) in [5, 5.41) is 8.89. The predicted molar refractivity (Wildman–Crippen MR) is 112 cm³/mol. The number of nitrogens with one attached hydrogen (secondary N) is 1. The van der Waals surface area contributed by atoms with E-state index in [1.165, 1.54) is 23.9 Å². The highest BCUT2D eigenvalue weighted by molar-refractivity contribution is 7.44. The number of aromatic amines is 1. The predicted octanol–water partition coefficient (Wildman–Crippen LogP) is 2.13. The fraction of sp³-hybridized carbons (Fsp3) is 0.737. The first-order chi connectivity index (χ1) is 14.7. The highest BCUT2D eigenvalue weighted by Crippen LogP contribution is 2.50. The monoisotopic (exact) mass is 443 g/mol. The maximum absolute atomic E-state index is 12.3. The average Bonchev–Trinajstić information content (AvgIpc) is 3.04. The van der Waals surface area contributed by atoms with Crippen molar-refractivity contribution in [2.24, 2.45) is 0 Å². The molecule has 0 radical (unpaired) electrons. The number of aromatic nitrogens is 2. The van der Waals surface area contributed by atoms with Crippen LogP contribution in [0.25, 0.3) is 0 Å². The van der Waals surface area contributed by atoms with E-state index in [-0.39, 0.29) is 32.0 Å². The van der Waals surface area contributed by atoms with Crippen LogP contribution in [0.1, 0.15) is 48.6 Å². The lowest BCUT2D eigenvalue weighted by Crippen LogP contribution is -2.41. The first kappa shape index (κ1) is 23.1. The second kappa shape index (κ2) is 11.1. The number of ether oxygens (including phenoxy) is 2. The molecule has 0 aromatic carbocycles. The zero-order valence-electron chi connectivity index (χ0n) is 19.0. The molecule has 0 bridgehead atoms. The highest BCUT2D eigenvalue weighted by atomic mass is 31.2. The lowest BCUT2D eigenvalue weighted by molar-refractivity contribution is -0.0510. The van der Waals surface area contributed by atoms with Gasteiger partial charge in [-0.15, -0.1) is 0 Å². The largest absolute Gasteiger partial charge is 0.374 e. The summed E-state index contributed by atoms with van der Waals surface area (Å²) in [7, 11) is -0.123. The minimum absolute atomic E-state index is 0.101. The van der Waals surface area contributed by atoms with E-state index in [1.807, 2.05) is 27.7 Å². The van der Waals surface area contributed by atoms with Gasteiger partial charge in [-0.1, -0.05) is 0 Å². The molecule has 0 aliphatic carbocycles. The molecule has 1 N–H and O–H groups in total. The van der Waals surface area contributed by atoms with Crippen molar-refractivity contribution in [2.75, 3.05) is 13.7 Å². The number of nitriles is 1. The van der Waals surface area contributed by atoms with Gasteiger partial charge in [0.25, 0.3) is 14.1 Å². The van der Waals surface area contributed by atoms with Crippen LogP contribution in [-0.2, 0) is 18.5 Å². The van der Waals surface area contributed by atoms with Crippen LogP contribution in [0.5, 0.6) is 0 Å².